The quantitative estimate of drug-likeness (QED) is 0.573. The molecule has 1 unspecified atom stereocenters. The molecule has 0 aliphatic carbocycles. The van der Waals surface area contributed by atoms with Gasteiger partial charge in [-0.1, -0.05) is 41.5 Å². The number of hydrogen-bond acceptors (Lipinski definition) is 4. The van der Waals surface area contributed by atoms with Crippen LogP contribution in [0.2, 0.25) is 0 Å². The molecular formula is C16H33NO4S. The molecule has 0 saturated heterocycles. The van der Waals surface area contributed by atoms with Gasteiger partial charge in [-0.15, -0.1) is 0 Å². The van der Waals surface area contributed by atoms with Crippen LogP contribution in [0.15, 0.2) is 0 Å². The van der Waals surface area contributed by atoms with Gasteiger partial charge in [0.2, 0.25) is 10.0 Å². The van der Waals surface area contributed by atoms with Crippen LogP contribution in [0.5, 0.6) is 0 Å². The van der Waals surface area contributed by atoms with Gasteiger partial charge in [0.1, 0.15) is 0 Å². The van der Waals surface area contributed by atoms with E-state index in [2.05, 4.69) is 25.5 Å². The van der Waals surface area contributed by atoms with E-state index < -0.39 is 15.4 Å². The van der Waals surface area contributed by atoms with Crippen LogP contribution in [-0.2, 0) is 19.6 Å². The van der Waals surface area contributed by atoms with Crippen molar-refractivity contribution in [1.29, 1.82) is 0 Å². The fourth-order valence-corrected chi connectivity index (χ4v) is 2.87. The molecule has 0 bridgehead atoms. The highest BCUT2D eigenvalue weighted by molar-refractivity contribution is 7.88. The molecule has 5 nitrogen and oxygen atoms in total. The van der Waals surface area contributed by atoms with E-state index in [-0.39, 0.29) is 30.0 Å². The first-order chi connectivity index (χ1) is 9.58. The topological polar surface area (TPSA) is 72.5 Å². The highest BCUT2D eigenvalue weighted by Crippen LogP contribution is 2.47. The lowest BCUT2D eigenvalue weighted by molar-refractivity contribution is -0.164. The Bertz CT molecular complexity index is 471. The second-order valence-electron chi connectivity index (χ2n) is 8.48. The molecule has 0 aromatic rings. The van der Waals surface area contributed by atoms with Crippen molar-refractivity contribution in [3.05, 3.63) is 0 Å². The molecule has 0 saturated carbocycles. The van der Waals surface area contributed by atoms with Crippen LogP contribution in [0.25, 0.3) is 0 Å². The maximum atomic E-state index is 12.6. The van der Waals surface area contributed by atoms with Crippen LogP contribution in [0.4, 0.5) is 0 Å². The van der Waals surface area contributed by atoms with E-state index in [1.54, 1.807) is 0 Å². The van der Waals surface area contributed by atoms with Crippen molar-refractivity contribution in [2.75, 3.05) is 19.4 Å². The van der Waals surface area contributed by atoms with Gasteiger partial charge in [0.05, 0.1) is 18.3 Å². The molecule has 132 valence electrons. The van der Waals surface area contributed by atoms with Gasteiger partial charge >= 0.3 is 5.97 Å². The third-order valence-corrected chi connectivity index (χ3v) is 4.64. The fourth-order valence-electron chi connectivity index (χ4n) is 2.36. The van der Waals surface area contributed by atoms with Crippen molar-refractivity contribution in [3.8, 4) is 0 Å². The van der Waals surface area contributed by atoms with E-state index in [4.69, 9.17) is 4.74 Å². The molecule has 0 aromatic carbocycles. The fraction of sp³-hybridized carbons (Fsp3) is 0.938. The summed E-state index contributed by atoms with van der Waals surface area (Å²) in [7, 11) is -3.19. The molecule has 0 aliphatic heterocycles. The molecule has 22 heavy (non-hydrogen) atoms. The minimum atomic E-state index is -3.19. The monoisotopic (exact) mass is 335 g/mol. The maximum Gasteiger partial charge on any atom is 0.312 e. The number of ether oxygens (including phenoxy) is 1. The van der Waals surface area contributed by atoms with Gasteiger partial charge in [-0.3, -0.25) is 4.79 Å². The molecule has 0 amide bonds. The Balaban J connectivity index is 4.68. The summed E-state index contributed by atoms with van der Waals surface area (Å²) in [5.74, 6) is -0.214. The van der Waals surface area contributed by atoms with Crippen LogP contribution in [-0.4, -0.2) is 33.8 Å². The predicted octanol–water partition coefficient (Wildman–Crippen LogP) is 2.96. The van der Waals surface area contributed by atoms with Gasteiger partial charge in [-0.2, -0.15) is 0 Å². The number of hydrogen-bond donors (Lipinski definition) is 1. The molecule has 0 rings (SSSR count). The Hall–Kier alpha value is -0.620. The Morgan fingerprint density at radius 1 is 1.05 bits per heavy atom. The van der Waals surface area contributed by atoms with Crippen LogP contribution in [0.1, 0.15) is 61.3 Å². The number of carbonyl (C=O) groups is 1. The number of rotatable bonds is 7. The second-order valence-corrected chi connectivity index (χ2v) is 10.3. The van der Waals surface area contributed by atoms with Gasteiger partial charge in [0, 0.05) is 6.54 Å². The third-order valence-electron chi connectivity index (χ3n) is 3.91. The minimum absolute atomic E-state index is 0.0128. The summed E-state index contributed by atoms with van der Waals surface area (Å²) in [6.45, 7) is 14.9. The van der Waals surface area contributed by atoms with E-state index >= 15 is 0 Å². The number of nitrogens with one attached hydrogen (secondary N) is 1. The molecule has 0 fully saturated rings. The number of carbonyl (C=O) groups excluding carboxylic acids is 1. The number of sulfonamides is 1. The van der Waals surface area contributed by atoms with Crippen molar-refractivity contribution in [1.82, 2.24) is 4.72 Å². The van der Waals surface area contributed by atoms with Crippen molar-refractivity contribution in [3.63, 3.8) is 0 Å². The third kappa shape index (κ3) is 7.58. The van der Waals surface area contributed by atoms with Crippen LogP contribution < -0.4 is 4.72 Å². The maximum absolute atomic E-state index is 12.6. The summed E-state index contributed by atoms with van der Waals surface area (Å²) in [5.41, 5.74) is -0.795. The summed E-state index contributed by atoms with van der Waals surface area (Å²) in [4.78, 5) is 12.6. The van der Waals surface area contributed by atoms with E-state index in [0.29, 0.717) is 6.42 Å². The summed E-state index contributed by atoms with van der Waals surface area (Å²) in [6, 6.07) is 0. The van der Waals surface area contributed by atoms with Gasteiger partial charge in [0.15, 0.2) is 0 Å². The lowest BCUT2D eigenvalue weighted by Gasteiger charge is -2.43. The Morgan fingerprint density at radius 2 is 1.55 bits per heavy atom. The van der Waals surface area contributed by atoms with E-state index in [1.807, 2.05) is 27.7 Å². The highest BCUT2D eigenvalue weighted by Gasteiger charge is 2.47. The molecule has 1 N–H and O–H groups in total. The average molecular weight is 336 g/mol. The molecular weight excluding hydrogens is 302 g/mol. The average Bonchev–Trinajstić information content (AvgIpc) is 2.22. The van der Waals surface area contributed by atoms with Crippen molar-refractivity contribution < 1.29 is 17.9 Å². The first kappa shape index (κ1) is 21.4. The van der Waals surface area contributed by atoms with Gasteiger partial charge in [-0.25, -0.2) is 13.1 Å². The zero-order chi connectivity index (χ0) is 17.8. The van der Waals surface area contributed by atoms with Gasteiger partial charge in [-0.05, 0) is 30.6 Å². The van der Waals surface area contributed by atoms with E-state index in [9.17, 15) is 13.2 Å². The summed E-state index contributed by atoms with van der Waals surface area (Å²) in [6.07, 6.45) is 2.30. The number of esters is 1. The SMILES string of the molecule is CC(C)(C)CC(C)(C(=O)OCCCNS(C)(=O)=O)C(C)(C)C. The minimum Gasteiger partial charge on any atom is -0.465 e. The van der Waals surface area contributed by atoms with E-state index in [0.717, 1.165) is 12.7 Å². The summed E-state index contributed by atoms with van der Waals surface area (Å²) >= 11 is 0. The lowest BCUT2D eigenvalue weighted by atomic mass is 9.61. The largest absolute Gasteiger partial charge is 0.465 e. The standard InChI is InChI=1S/C16H33NO4S/c1-14(2,3)12-16(7,15(4,5)6)13(18)21-11-9-10-17-22(8,19)20/h17H,9-12H2,1-8H3. The normalized spacial score (nSPS) is 16.2. The lowest BCUT2D eigenvalue weighted by Crippen LogP contribution is -2.44. The molecule has 0 spiro atoms. The molecule has 0 heterocycles. The van der Waals surface area contributed by atoms with Gasteiger partial charge in [0.25, 0.3) is 0 Å². The van der Waals surface area contributed by atoms with Crippen molar-refractivity contribution >= 4 is 16.0 Å². The zero-order valence-corrected chi connectivity index (χ0v) is 16.2. The molecule has 0 radical (unpaired) electrons. The highest BCUT2D eigenvalue weighted by atomic mass is 32.2. The molecule has 0 aliphatic rings. The van der Waals surface area contributed by atoms with E-state index in [1.165, 1.54) is 0 Å². The molecule has 0 aromatic heterocycles. The van der Waals surface area contributed by atoms with Crippen molar-refractivity contribution in [2.45, 2.75) is 61.3 Å². The Labute approximate surface area is 136 Å². The summed E-state index contributed by atoms with van der Waals surface area (Å²) < 4.78 is 29.7. The predicted molar refractivity (Wildman–Crippen MR) is 90.1 cm³/mol. The smallest absolute Gasteiger partial charge is 0.312 e. The molecule has 6 heteroatoms. The van der Waals surface area contributed by atoms with Crippen molar-refractivity contribution in [2.24, 2.45) is 16.2 Å². The Morgan fingerprint density at radius 3 is 1.91 bits per heavy atom. The Kier molecular flexibility index (Phi) is 7.09. The first-order valence-electron chi connectivity index (χ1n) is 7.70. The first-order valence-corrected chi connectivity index (χ1v) is 9.59. The summed E-state index contributed by atoms with van der Waals surface area (Å²) in [5, 5.41) is 0. The van der Waals surface area contributed by atoms with Crippen LogP contribution in [0, 0.1) is 16.2 Å². The van der Waals surface area contributed by atoms with Crippen LogP contribution in [0.3, 0.4) is 0 Å². The molecule has 1 atom stereocenters. The zero-order valence-electron chi connectivity index (χ0n) is 15.4. The second kappa shape index (κ2) is 7.30. The van der Waals surface area contributed by atoms with Crippen LogP contribution >= 0.6 is 0 Å². The van der Waals surface area contributed by atoms with Gasteiger partial charge < -0.3 is 4.74 Å².